The van der Waals surface area contributed by atoms with E-state index in [-0.39, 0.29) is 6.04 Å². The zero-order valence-corrected chi connectivity index (χ0v) is 16.9. The molecule has 154 valence electrons. The maximum absolute atomic E-state index is 12.5. The molecule has 2 heterocycles. The molecule has 1 aromatic carbocycles. The highest BCUT2D eigenvalue weighted by Gasteiger charge is 2.16. The summed E-state index contributed by atoms with van der Waals surface area (Å²) in [5.41, 5.74) is 4.25. The molecule has 1 atom stereocenters. The van der Waals surface area contributed by atoms with Crippen molar-refractivity contribution in [3.8, 4) is 0 Å². The molecule has 0 unspecified atom stereocenters. The van der Waals surface area contributed by atoms with Crippen LogP contribution < -0.4 is 16.0 Å². The molecule has 0 saturated carbocycles. The van der Waals surface area contributed by atoms with Gasteiger partial charge in [-0.1, -0.05) is 30.3 Å². The van der Waals surface area contributed by atoms with Crippen molar-refractivity contribution in [2.75, 3.05) is 19.0 Å². The molecule has 8 heteroatoms. The molecule has 0 saturated heterocycles. The van der Waals surface area contributed by atoms with Gasteiger partial charge in [-0.15, -0.1) is 0 Å². The van der Waals surface area contributed by atoms with Crippen LogP contribution in [0.2, 0.25) is 0 Å². The molecule has 0 aliphatic rings. The van der Waals surface area contributed by atoms with E-state index in [1.807, 2.05) is 54.7 Å². The Labute approximate surface area is 175 Å². The smallest absolute Gasteiger partial charge is 0.320 e. The van der Waals surface area contributed by atoms with Crippen LogP contribution in [0.4, 0.5) is 22.0 Å². The minimum Gasteiger partial charge on any atom is -0.382 e. The van der Waals surface area contributed by atoms with Crippen LogP contribution >= 0.6 is 0 Å². The third-order valence-electron chi connectivity index (χ3n) is 4.45. The highest BCUT2D eigenvalue weighted by Crippen LogP contribution is 2.16. The van der Waals surface area contributed by atoms with E-state index >= 15 is 0 Å². The average molecular weight is 405 g/mol. The first-order valence-electron chi connectivity index (χ1n) is 9.48. The molecule has 0 fully saturated rings. The molecule has 0 spiro atoms. The van der Waals surface area contributed by atoms with Crippen LogP contribution in [0.5, 0.6) is 0 Å². The van der Waals surface area contributed by atoms with Crippen molar-refractivity contribution in [3.63, 3.8) is 0 Å². The molecule has 5 N–H and O–H groups in total. The van der Waals surface area contributed by atoms with Crippen LogP contribution in [0.25, 0.3) is 0 Å². The van der Waals surface area contributed by atoms with E-state index in [9.17, 15) is 4.79 Å². The van der Waals surface area contributed by atoms with Crippen LogP contribution in [-0.4, -0.2) is 35.9 Å². The number of nitrogens with one attached hydrogen (secondary N) is 3. The summed E-state index contributed by atoms with van der Waals surface area (Å²) in [4.78, 5) is 21.0. The second-order valence-electron chi connectivity index (χ2n) is 6.73. The van der Waals surface area contributed by atoms with Crippen molar-refractivity contribution in [2.45, 2.75) is 13.0 Å². The summed E-state index contributed by atoms with van der Waals surface area (Å²) in [6, 6.07) is 14.4. The normalized spacial score (nSPS) is 11.5. The Kier molecular flexibility index (Phi) is 7.20. The number of hydrogen-bond acceptors (Lipinski definition) is 5. The summed E-state index contributed by atoms with van der Waals surface area (Å²) in [5, 5.41) is 15.3. The number of nitrogens with zero attached hydrogens (tertiary/aromatic N) is 2. The number of nitrogens with two attached hydrogens (primary N) is 1. The molecule has 0 radical (unpaired) electrons. The first-order valence-corrected chi connectivity index (χ1v) is 9.48. The van der Waals surface area contributed by atoms with Crippen LogP contribution in [0.3, 0.4) is 0 Å². The van der Waals surface area contributed by atoms with Gasteiger partial charge in [-0.25, -0.2) is 9.78 Å². The Hall–Kier alpha value is -3.62. The first-order chi connectivity index (χ1) is 14.6. The Bertz CT molecular complexity index is 1010. The van der Waals surface area contributed by atoms with E-state index in [1.165, 1.54) is 6.21 Å². The third-order valence-corrected chi connectivity index (χ3v) is 4.45. The van der Waals surface area contributed by atoms with Gasteiger partial charge in [0.25, 0.3) is 0 Å². The van der Waals surface area contributed by atoms with E-state index in [1.54, 1.807) is 25.6 Å². The number of pyridine rings is 2. The monoisotopic (exact) mass is 405 g/mol. The van der Waals surface area contributed by atoms with Gasteiger partial charge in [0.1, 0.15) is 11.5 Å². The van der Waals surface area contributed by atoms with Crippen molar-refractivity contribution in [1.82, 2.24) is 15.3 Å². The predicted octanol–water partition coefficient (Wildman–Crippen LogP) is 2.82. The van der Waals surface area contributed by atoms with Crippen molar-refractivity contribution < 1.29 is 14.8 Å². The van der Waals surface area contributed by atoms with Gasteiger partial charge in [0.05, 0.1) is 24.4 Å². The van der Waals surface area contributed by atoms with Crippen molar-refractivity contribution in [2.24, 2.45) is 0 Å². The van der Waals surface area contributed by atoms with Gasteiger partial charge in [0, 0.05) is 37.3 Å². The van der Waals surface area contributed by atoms with Gasteiger partial charge in [-0.3, -0.25) is 15.6 Å². The fourth-order valence-corrected chi connectivity index (χ4v) is 3.02. The number of carbonyl (C=O) groups excluding carboxylic acids is 1. The molecular weight excluding hydrogens is 380 g/mol. The fourth-order valence-electron chi connectivity index (χ4n) is 3.02. The highest BCUT2D eigenvalue weighted by molar-refractivity contribution is 5.91. The molecule has 8 nitrogen and oxygen atoms in total. The molecular formula is C22H25N6O2+. The van der Waals surface area contributed by atoms with Gasteiger partial charge in [0.2, 0.25) is 0 Å². The molecule has 30 heavy (non-hydrogen) atoms. The lowest BCUT2D eigenvalue weighted by Gasteiger charge is -2.18. The minimum absolute atomic E-state index is 0.291. The van der Waals surface area contributed by atoms with E-state index in [0.29, 0.717) is 18.0 Å². The van der Waals surface area contributed by atoms with E-state index in [2.05, 4.69) is 20.6 Å². The predicted molar refractivity (Wildman–Crippen MR) is 116 cm³/mol. The molecule has 3 rings (SSSR count). The molecule has 0 bridgehead atoms. The lowest BCUT2D eigenvalue weighted by atomic mass is 10.1. The number of aryl methyl sites for hydroxylation is 1. The SMILES string of the molecule is COC[C@@H](NC(=O)Nc1cc(C=N)c([NH2+]c2ccnc(C)c2)cn1)c1ccccc1. The number of aromatic nitrogens is 2. The number of hydrogen-bond donors (Lipinski definition) is 4. The summed E-state index contributed by atoms with van der Waals surface area (Å²) in [5.74, 6) is 0.360. The summed E-state index contributed by atoms with van der Waals surface area (Å²) in [6.45, 7) is 2.26. The minimum atomic E-state index is -0.397. The second kappa shape index (κ2) is 10.2. The van der Waals surface area contributed by atoms with Gasteiger partial charge < -0.3 is 15.5 Å². The Morgan fingerprint density at radius 3 is 2.73 bits per heavy atom. The van der Waals surface area contributed by atoms with E-state index in [4.69, 9.17) is 10.1 Å². The zero-order chi connectivity index (χ0) is 21.3. The number of anilines is 1. The van der Waals surface area contributed by atoms with Crippen LogP contribution in [0.15, 0.2) is 60.9 Å². The Morgan fingerprint density at radius 2 is 2.03 bits per heavy atom. The third kappa shape index (κ3) is 5.69. The largest absolute Gasteiger partial charge is 0.382 e. The molecule has 0 aliphatic carbocycles. The fraction of sp³-hybridized carbons (Fsp3) is 0.182. The molecule has 2 amide bonds. The summed E-state index contributed by atoms with van der Waals surface area (Å²) < 4.78 is 5.23. The Balaban J connectivity index is 1.70. The number of ether oxygens (including phenoxy) is 1. The quantitative estimate of drug-likeness (QED) is 0.431. The first kappa shape index (κ1) is 21.1. The number of benzene rings is 1. The molecule has 0 aliphatic heterocycles. The van der Waals surface area contributed by atoms with Gasteiger partial charge in [-0.05, 0) is 18.6 Å². The molecule has 3 aromatic rings. The zero-order valence-electron chi connectivity index (χ0n) is 16.9. The maximum Gasteiger partial charge on any atom is 0.320 e. The van der Waals surface area contributed by atoms with E-state index < -0.39 is 6.03 Å². The standard InChI is InChI=1S/C22H24N6O2/c1-15-10-18(8-9-24-15)26-19-13-25-21(11-17(19)12-23)28-22(29)27-20(14-30-2)16-6-4-3-5-7-16/h3-13,20,23H,14H2,1-2H3,(H,24,26)(H2,25,27,28,29)/p+1/t20-/m1/s1. The van der Waals surface area contributed by atoms with Gasteiger partial charge in [-0.2, -0.15) is 0 Å². The van der Waals surface area contributed by atoms with Crippen molar-refractivity contribution in [3.05, 3.63) is 77.7 Å². The average Bonchev–Trinajstić information content (AvgIpc) is 2.75. The highest BCUT2D eigenvalue weighted by atomic mass is 16.5. The van der Waals surface area contributed by atoms with Gasteiger partial charge >= 0.3 is 6.03 Å². The number of carbonyl (C=O) groups is 1. The topological polar surface area (TPSA) is 117 Å². The van der Waals surface area contributed by atoms with E-state index in [0.717, 1.165) is 22.6 Å². The number of methoxy groups -OCH3 is 1. The number of quaternary nitrogens is 1. The number of rotatable bonds is 8. The summed E-state index contributed by atoms with van der Waals surface area (Å²) in [6.07, 6.45) is 4.61. The summed E-state index contributed by atoms with van der Waals surface area (Å²) >= 11 is 0. The number of amides is 2. The van der Waals surface area contributed by atoms with Crippen molar-refractivity contribution >= 4 is 29.4 Å². The number of urea groups is 1. The van der Waals surface area contributed by atoms with Crippen LogP contribution in [-0.2, 0) is 4.74 Å². The summed E-state index contributed by atoms with van der Waals surface area (Å²) in [7, 11) is 1.59. The van der Waals surface area contributed by atoms with Crippen LogP contribution in [0.1, 0.15) is 22.9 Å². The maximum atomic E-state index is 12.5. The Morgan fingerprint density at radius 1 is 1.23 bits per heavy atom. The van der Waals surface area contributed by atoms with Crippen LogP contribution in [0, 0.1) is 12.3 Å². The lowest BCUT2D eigenvalue weighted by Crippen LogP contribution is -2.71. The lowest BCUT2D eigenvalue weighted by molar-refractivity contribution is -0.479. The van der Waals surface area contributed by atoms with Gasteiger partial charge in [0.15, 0.2) is 5.69 Å². The van der Waals surface area contributed by atoms with Crippen molar-refractivity contribution in [1.29, 1.82) is 5.41 Å². The second-order valence-corrected chi connectivity index (χ2v) is 6.73. The molecule has 2 aromatic heterocycles.